The van der Waals surface area contributed by atoms with E-state index in [1.165, 1.54) is 0 Å². The van der Waals surface area contributed by atoms with Crippen LogP contribution in [0, 0.1) is 5.92 Å². The van der Waals surface area contributed by atoms with Crippen molar-refractivity contribution in [2.24, 2.45) is 5.92 Å². The predicted octanol–water partition coefficient (Wildman–Crippen LogP) is 0.736. The van der Waals surface area contributed by atoms with E-state index in [1.54, 1.807) is 0 Å². The lowest BCUT2D eigenvalue weighted by Crippen LogP contribution is -2.26. The van der Waals surface area contributed by atoms with Crippen molar-refractivity contribution in [2.75, 3.05) is 0 Å². The Morgan fingerprint density at radius 2 is 2.33 bits per heavy atom. The van der Waals surface area contributed by atoms with Gasteiger partial charge >= 0.3 is 0 Å². The average Bonchev–Trinajstić information content (AvgIpc) is 1.80. The summed E-state index contributed by atoms with van der Waals surface area (Å²) in [6.45, 7) is 1.92. The molecule has 1 aliphatic carbocycles. The lowest BCUT2D eigenvalue weighted by molar-refractivity contribution is -0.124. The van der Waals surface area contributed by atoms with Gasteiger partial charge in [-0.1, -0.05) is 6.92 Å². The summed E-state index contributed by atoms with van der Waals surface area (Å²) in [4.78, 5) is 10.7. The zero-order chi connectivity index (χ0) is 6.85. The van der Waals surface area contributed by atoms with Crippen molar-refractivity contribution in [1.29, 1.82) is 0 Å². The monoisotopic (exact) mass is 128 g/mol. The molecular formula is C7H12O2. The number of ketones is 1. The molecule has 0 heterocycles. The van der Waals surface area contributed by atoms with E-state index in [2.05, 4.69) is 0 Å². The lowest BCUT2D eigenvalue weighted by atomic mass is 9.87. The highest BCUT2D eigenvalue weighted by molar-refractivity contribution is 5.79. The highest BCUT2D eigenvalue weighted by Crippen LogP contribution is 2.20. The smallest absolute Gasteiger partial charge is 0.133 e. The minimum atomic E-state index is -0.234. The van der Waals surface area contributed by atoms with E-state index < -0.39 is 0 Å². The van der Waals surface area contributed by atoms with E-state index in [0.29, 0.717) is 25.0 Å². The van der Waals surface area contributed by atoms with Gasteiger partial charge in [0.1, 0.15) is 5.78 Å². The van der Waals surface area contributed by atoms with Gasteiger partial charge in [-0.2, -0.15) is 0 Å². The topological polar surface area (TPSA) is 37.3 Å². The molecule has 0 aromatic carbocycles. The second-order valence-corrected chi connectivity index (χ2v) is 2.83. The molecule has 2 atom stereocenters. The number of carbonyl (C=O) groups excluding carboxylic acids is 1. The van der Waals surface area contributed by atoms with Crippen molar-refractivity contribution in [1.82, 2.24) is 0 Å². The minimum absolute atomic E-state index is 0.186. The van der Waals surface area contributed by atoms with E-state index in [1.807, 2.05) is 6.92 Å². The summed E-state index contributed by atoms with van der Waals surface area (Å²) >= 11 is 0. The summed E-state index contributed by atoms with van der Waals surface area (Å²) in [6, 6.07) is 0. The highest BCUT2D eigenvalue weighted by Gasteiger charge is 2.23. The van der Waals surface area contributed by atoms with Crippen LogP contribution in [0.1, 0.15) is 26.2 Å². The fourth-order valence-electron chi connectivity index (χ4n) is 1.19. The van der Waals surface area contributed by atoms with Crippen LogP contribution in [0.3, 0.4) is 0 Å². The Morgan fingerprint density at radius 3 is 2.78 bits per heavy atom. The van der Waals surface area contributed by atoms with E-state index in [0.717, 1.165) is 0 Å². The zero-order valence-corrected chi connectivity index (χ0v) is 5.63. The molecule has 0 aliphatic heterocycles. The van der Waals surface area contributed by atoms with Crippen molar-refractivity contribution >= 4 is 5.78 Å². The van der Waals surface area contributed by atoms with Gasteiger partial charge < -0.3 is 5.11 Å². The molecule has 0 spiro atoms. The zero-order valence-electron chi connectivity index (χ0n) is 5.63. The van der Waals surface area contributed by atoms with Crippen LogP contribution >= 0.6 is 0 Å². The molecule has 2 nitrogen and oxygen atoms in total. The molecule has 0 saturated heterocycles. The Balaban J connectivity index is 2.44. The molecule has 0 bridgehead atoms. The Hall–Kier alpha value is -0.370. The largest absolute Gasteiger partial charge is 0.393 e. The molecule has 1 N–H and O–H groups in total. The van der Waals surface area contributed by atoms with E-state index in [-0.39, 0.29) is 12.0 Å². The van der Waals surface area contributed by atoms with Gasteiger partial charge in [-0.05, 0) is 12.3 Å². The Kier molecular flexibility index (Phi) is 1.86. The molecular weight excluding hydrogens is 116 g/mol. The van der Waals surface area contributed by atoms with Crippen LogP contribution < -0.4 is 0 Å². The van der Waals surface area contributed by atoms with Gasteiger partial charge in [0.25, 0.3) is 0 Å². The van der Waals surface area contributed by atoms with Crippen LogP contribution in [0.4, 0.5) is 0 Å². The van der Waals surface area contributed by atoms with Gasteiger partial charge in [-0.3, -0.25) is 4.79 Å². The quantitative estimate of drug-likeness (QED) is 0.522. The predicted molar refractivity (Wildman–Crippen MR) is 34.0 cm³/mol. The number of Topliss-reactive ketones (excluding diaryl/α,β-unsaturated/α-hetero) is 1. The number of aliphatic hydroxyl groups is 1. The first-order chi connectivity index (χ1) is 4.20. The summed E-state index contributed by atoms with van der Waals surface area (Å²) in [7, 11) is 0. The van der Waals surface area contributed by atoms with Gasteiger partial charge in [0.05, 0.1) is 6.10 Å². The Morgan fingerprint density at radius 1 is 1.67 bits per heavy atom. The number of hydrogen-bond donors (Lipinski definition) is 1. The van der Waals surface area contributed by atoms with Crippen LogP contribution in [0.5, 0.6) is 0 Å². The molecule has 0 amide bonds. The normalized spacial score (nSPS) is 36.9. The molecule has 0 unspecified atom stereocenters. The third-order valence-corrected chi connectivity index (χ3v) is 1.93. The van der Waals surface area contributed by atoms with Gasteiger partial charge in [0.2, 0.25) is 0 Å². The maximum atomic E-state index is 10.7. The second kappa shape index (κ2) is 2.48. The molecule has 52 valence electrons. The lowest BCUT2D eigenvalue weighted by Gasteiger charge is -2.22. The van der Waals surface area contributed by atoms with Crippen molar-refractivity contribution < 1.29 is 9.90 Å². The first-order valence-electron chi connectivity index (χ1n) is 3.40. The standard InChI is InChI=1S/C7H12O2/c1-5-4-6(8)2-3-7(5)9/h5,7,9H,2-4H2,1H3/t5-,7-/m1/s1. The van der Waals surface area contributed by atoms with Crippen molar-refractivity contribution in [3.05, 3.63) is 0 Å². The summed E-state index contributed by atoms with van der Waals surface area (Å²) in [5.74, 6) is 0.485. The molecule has 1 saturated carbocycles. The van der Waals surface area contributed by atoms with Crippen LogP contribution in [0.25, 0.3) is 0 Å². The number of aliphatic hydroxyl groups excluding tert-OH is 1. The molecule has 1 rings (SSSR count). The highest BCUT2D eigenvalue weighted by atomic mass is 16.3. The van der Waals surface area contributed by atoms with Gasteiger partial charge in [-0.25, -0.2) is 0 Å². The number of hydrogen-bond acceptors (Lipinski definition) is 2. The van der Waals surface area contributed by atoms with Crippen LogP contribution in [-0.2, 0) is 4.79 Å². The van der Waals surface area contributed by atoms with Crippen molar-refractivity contribution in [3.8, 4) is 0 Å². The SMILES string of the molecule is C[C@@H]1CC(=O)CC[C@H]1O. The van der Waals surface area contributed by atoms with Gasteiger partial charge in [0, 0.05) is 12.8 Å². The fourth-order valence-corrected chi connectivity index (χ4v) is 1.19. The van der Waals surface area contributed by atoms with Gasteiger partial charge in [0.15, 0.2) is 0 Å². The maximum absolute atomic E-state index is 10.7. The molecule has 1 fully saturated rings. The Bertz CT molecular complexity index is 120. The first-order valence-corrected chi connectivity index (χ1v) is 3.40. The van der Waals surface area contributed by atoms with E-state index >= 15 is 0 Å². The van der Waals surface area contributed by atoms with Crippen LogP contribution in [0.2, 0.25) is 0 Å². The maximum Gasteiger partial charge on any atom is 0.133 e. The number of carbonyl (C=O) groups is 1. The summed E-state index contributed by atoms with van der Waals surface area (Å²) < 4.78 is 0. The van der Waals surface area contributed by atoms with E-state index in [4.69, 9.17) is 5.11 Å². The van der Waals surface area contributed by atoms with Crippen LogP contribution in [-0.4, -0.2) is 17.0 Å². The second-order valence-electron chi connectivity index (χ2n) is 2.83. The molecule has 1 aliphatic rings. The van der Waals surface area contributed by atoms with E-state index in [9.17, 15) is 4.79 Å². The molecule has 9 heavy (non-hydrogen) atoms. The van der Waals surface area contributed by atoms with Gasteiger partial charge in [-0.15, -0.1) is 0 Å². The summed E-state index contributed by atoms with van der Waals surface area (Å²) in [6.07, 6.45) is 1.58. The molecule has 0 aromatic rings. The van der Waals surface area contributed by atoms with Crippen molar-refractivity contribution in [3.63, 3.8) is 0 Å². The molecule has 0 radical (unpaired) electrons. The number of rotatable bonds is 0. The van der Waals surface area contributed by atoms with Crippen LogP contribution in [0.15, 0.2) is 0 Å². The Labute approximate surface area is 54.9 Å². The first kappa shape index (κ1) is 6.75. The molecule has 0 aromatic heterocycles. The third-order valence-electron chi connectivity index (χ3n) is 1.93. The van der Waals surface area contributed by atoms with Crippen molar-refractivity contribution in [2.45, 2.75) is 32.3 Å². The minimum Gasteiger partial charge on any atom is -0.393 e. The molecule has 2 heteroatoms. The summed E-state index contributed by atoms with van der Waals surface area (Å²) in [5.41, 5.74) is 0. The fraction of sp³-hybridized carbons (Fsp3) is 0.857. The average molecular weight is 128 g/mol. The summed E-state index contributed by atoms with van der Waals surface area (Å²) in [5, 5.41) is 9.14. The third kappa shape index (κ3) is 1.52.